The minimum Gasteiger partial charge on any atom is -0.383 e. The molecule has 126 valence electrons. The summed E-state index contributed by atoms with van der Waals surface area (Å²) in [4.78, 5) is 26.6. The Morgan fingerprint density at radius 1 is 1.36 bits per heavy atom. The van der Waals surface area contributed by atoms with E-state index in [4.69, 9.17) is 4.74 Å². The zero-order valence-corrected chi connectivity index (χ0v) is 13.9. The van der Waals surface area contributed by atoms with E-state index in [1.54, 1.807) is 12.0 Å². The quantitative estimate of drug-likeness (QED) is 0.504. The average molecular weight is 332 g/mol. The summed E-state index contributed by atoms with van der Waals surface area (Å²) in [5.41, 5.74) is -0.990. The number of ether oxygens (including phenoxy) is 1. The lowest BCUT2D eigenvalue weighted by Crippen LogP contribution is -2.50. The summed E-state index contributed by atoms with van der Waals surface area (Å²) >= 11 is 0. The van der Waals surface area contributed by atoms with Crippen LogP contribution in [0.5, 0.6) is 0 Å². The summed E-state index contributed by atoms with van der Waals surface area (Å²) in [5, 5.41) is 2.72. The maximum atomic E-state index is 12.8. The molecule has 0 spiro atoms. The summed E-state index contributed by atoms with van der Waals surface area (Å²) in [6, 6.07) is -0.299. The summed E-state index contributed by atoms with van der Waals surface area (Å²) < 4.78 is 28.1. The zero-order valence-electron chi connectivity index (χ0n) is 13.1. The van der Waals surface area contributed by atoms with Gasteiger partial charge in [-0.2, -0.15) is 0 Å². The fourth-order valence-electron chi connectivity index (χ4n) is 2.96. The monoisotopic (exact) mass is 332 g/mol. The summed E-state index contributed by atoms with van der Waals surface area (Å²) in [7, 11) is -1.51. The zero-order chi connectivity index (χ0) is 16.4. The van der Waals surface area contributed by atoms with Gasteiger partial charge in [0, 0.05) is 26.2 Å². The maximum Gasteiger partial charge on any atom is 0.238 e. The molecule has 2 amide bonds. The fraction of sp³-hybridized carbons (Fsp3) is 0.857. The highest BCUT2D eigenvalue weighted by Crippen LogP contribution is 2.48. The summed E-state index contributed by atoms with van der Waals surface area (Å²) in [5.74, 6) is -0.372. The molecule has 0 aromatic heterocycles. The van der Waals surface area contributed by atoms with E-state index in [0.717, 1.165) is 0 Å². The lowest BCUT2D eigenvalue weighted by atomic mass is 10.0. The normalized spacial score (nSPS) is 24.7. The van der Waals surface area contributed by atoms with Crippen LogP contribution in [0.3, 0.4) is 0 Å². The molecule has 2 aliphatic rings. The molecule has 8 heteroatoms. The SMILES string of the molecule is CCN(C(=O)C1(C(=O)NCCOC)CC1)C1CCS(=O)(=O)C1. The Kier molecular flexibility index (Phi) is 5.11. The Bertz CT molecular complexity index is 541. The van der Waals surface area contributed by atoms with Crippen LogP contribution < -0.4 is 5.32 Å². The molecule has 1 heterocycles. The standard InChI is InChI=1S/C14H24N2O5S/c1-3-16(11-4-9-22(19,20)10-11)13(18)14(5-6-14)12(17)15-7-8-21-2/h11H,3-10H2,1-2H3,(H,15,17). The molecular weight excluding hydrogens is 308 g/mol. The van der Waals surface area contributed by atoms with E-state index in [0.29, 0.717) is 39.0 Å². The van der Waals surface area contributed by atoms with Crippen molar-refractivity contribution in [2.24, 2.45) is 5.41 Å². The lowest BCUT2D eigenvalue weighted by Gasteiger charge is -2.30. The molecule has 0 aromatic carbocycles. The average Bonchev–Trinajstić information content (AvgIpc) is 3.20. The third-order valence-electron chi connectivity index (χ3n) is 4.44. The van der Waals surface area contributed by atoms with Crippen molar-refractivity contribution in [2.45, 2.75) is 32.2 Å². The van der Waals surface area contributed by atoms with Crippen molar-refractivity contribution < 1.29 is 22.7 Å². The van der Waals surface area contributed by atoms with Crippen LogP contribution in [0, 0.1) is 5.41 Å². The number of sulfone groups is 1. The molecular formula is C14H24N2O5S. The third kappa shape index (κ3) is 3.43. The molecule has 1 N–H and O–H groups in total. The fourth-order valence-corrected chi connectivity index (χ4v) is 4.69. The molecule has 1 atom stereocenters. The van der Waals surface area contributed by atoms with Gasteiger partial charge in [-0.15, -0.1) is 0 Å². The van der Waals surface area contributed by atoms with Gasteiger partial charge in [-0.3, -0.25) is 9.59 Å². The van der Waals surface area contributed by atoms with Crippen LogP contribution in [0.25, 0.3) is 0 Å². The van der Waals surface area contributed by atoms with E-state index >= 15 is 0 Å². The highest BCUT2D eigenvalue weighted by Gasteiger charge is 2.58. The largest absolute Gasteiger partial charge is 0.383 e. The number of amides is 2. The van der Waals surface area contributed by atoms with Crippen molar-refractivity contribution in [1.29, 1.82) is 0 Å². The van der Waals surface area contributed by atoms with E-state index in [-0.39, 0.29) is 29.4 Å². The van der Waals surface area contributed by atoms with E-state index in [9.17, 15) is 18.0 Å². The van der Waals surface area contributed by atoms with Gasteiger partial charge in [0.05, 0.1) is 18.1 Å². The van der Waals surface area contributed by atoms with Crippen molar-refractivity contribution >= 4 is 21.7 Å². The second kappa shape index (κ2) is 6.54. The number of carbonyl (C=O) groups excluding carboxylic acids is 2. The van der Waals surface area contributed by atoms with Gasteiger partial charge in [-0.05, 0) is 26.2 Å². The van der Waals surface area contributed by atoms with Crippen LogP contribution >= 0.6 is 0 Å². The topological polar surface area (TPSA) is 92.8 Å². The van der Waals surface area contributed by atoms with Crippen molar-refractivity contribution in [3.05, 3.63) is 0 Å². The smallest absolute Gasteiger partial charge is 0.238 e. The first kappa shape index (κ1) is 17.2. The molecule has 1 saturated heterocycles. The molecule has 0 bridgehead atoms. The number of nitrogens with one attached hydrogen (secondary N) is 1. The number of methoxy groups -OCH3 is 1. The van der Waals surface area contributed by atoms with Crippen molar-refractivity contribution in [1.82, 2.24) is 10.2 Å². The Morgan fingerprint density at radius 3 is 2.50 bits per heavy atom. The predicted octanol–water partition coefficient (Wildman–Crippen LogP) is -0.435. The number of carbonyl (C=O) groups is 2. The van der Waals surface area contributed by atoms with Gasteiger partial charge in [0.25, 0.3) is 0 Å². The van der Waals surface area contributed by atoms with Crippen LogP contribution in [0.15, 0.2) is 0 Å². The first-order valence-corrected chi connectivity index (χ1v) is 9.47. The Morgan fingerprint density at radius 2 is 2.05 bits per heavy atom. The van der Waals surface area contributed by atoms with Gasteiger partial charge in [0.2, 0.25) is 11.8 Å². The van der Waals surface area contributed by atoms with Gasteiger partial charge in [-0.1, -0.05) is 0 Å². The highest BCUT2D eigenvalue weighted by atomic mass is 32.2. The van der Waals surface area contributed by atoms with E-state index < -0.39 is 15.3 Å². The lowest BCUT2D eigenvalue weighted by molar-refractivity contribution is -0.145. The summed E-state index contributed by atoms with van der Waals surface area (Å²) in [6.45, 7) is 3.01. The summed E-state index contributed by atoms with van der Waals surface area (Å²) in [6.07, 6.45) is 1.52. The number of rotatable bonds is 7. The molecule has 0 radical (unpaired) electrons. The molecule has 2 fully saturated rings. The van der Waals surface area contributed by atoms with Gasteiger partial charge in [0.15, 0.2) is 9.84 Å². The third-order valence-corrected chi connectivity index (χ3v) is 6.19. The highest BCUT2D eigenvalue weighted by molar-refractivity contribution is 7.91. The number of hydrogen-bond acceptors (Lipinski definition) is 5. The first-order valence-electron chi connectivity index (χ1n) is 7.65. The molecule has 1 unspecified atom stereocenters. The second-order valence-electron chi connectivity index (χ2n) is 5.98. The number of nitrogens with zero attached hydrogens (tertiary/aromatic N) is 1. The minimum atomic E-state index is -3.06. The van der Waals surface area contributed by atoms with E-state index in [2.05, 4.69) is 5.32 Å². The molecule has 22 heavy (non-hydrogen) atoms. The van der Waals surface area contributed by atoms with Crippen LogP contribution in [0.2, 0.25) is 0 Å². The van der Waals surface area contributed by atoms with E-state index in [1.165, 1.54) is 0 Å². The first-order chi connectivity index (χ1) is 10.4. The van der Waals surface area contributed by atoms with Gasteiger partial charge < -0.3 is 15.0 Å². The van der Waals surface area contributed by atoms with Gasteiger partial charge >= 0.3 is 0 Å². The van der Waals surface area contributed by atoms with Gasteiger partial charge in [-0.25, -0.2) is 8.42 Å². The Hall–Kier alpha value is -1.15. The van der Waals surface area contributed by atoms with Crippen LogP contribution in [0.4, 0.5) is 0 Å². The molecule has 1 saturated carbocycles. The molecule has 1 aliphatic heterocycles. The van der Waals surface area contributed by atoms with Crippen LogP contribution in [-0.2, 0) is 24.2 Å². The Labute approximate surface area is 131 Å². The molecule has 2 rings (SSSR count). The molecule has 0 aromatic rings. The number of hydrogen-bond donors (Lipinski definition) is 1. The van der Waals surface area contributed by atoms with Crippen molar-refractivity contribution in [3.63, 3.8) is 0 Å². The van der Waals surface area contributed by atoms with Gasteiger partial charge in [0.1, 0.15) is 5.41 Å². The Balaban J connectivity index is 2.03. The van der Waals surface area contributed by atoms with Crippen molar-refractivity contribution in [3.8, 4) is 0 Å². The van der Waals surface area contributed by atoms with E-state index in [1.807, 2.05) is 6.92 Å². The van der Waals surface area contributed by atoms with Crippen molar-refractivity contribution in [2.75, 3.05) is 38.3 Å². The second-order valence-corrected chi connectivity index (χ2v) is 8.21. The van der Waals surface area contributed by atoms with Crippen LogP contribution in [-0.4, -0.2) is 69.5 Å². The predicted molar refractivity (Wildman–Crippen MR) is 81.0 cm³/mol. The van der Waals surface area contributed by atoms with Crippen LogP contribution in [0.1, 0.15) is 26.2 Å². The maximum absolute atomic E-state index is 12.8. The minimum absolute atomic E-state index is 0.00789. The molecule has 7 nitrogen and oxygen atoms in total. The molecule has 1 aliphatic carbocycles.